The zero-order chi connectivity index (χ0) is 14.3. The summed E-state index contributed by atoms with van der Waals surface area (Å²) < 4.78 is 23.8. The van der Waals surface area contributed by atoms with E-state index in [1.54, 1.807) is 0 Å². The van der Waals surface area contributed by atoms with Crippen molar-refractivity contribution in [1.82, 2.24) is 4.90 Å². The van der Waals surface area contributed by atoms with Crippen LogP contribution in [0, 0.1) is 0 Å². The van der Waals surface area contributed by atoms with Crippen molar-refractivity contribution in [2.24, 2.45) is 0 Å². The van der Waals surface area contributed by atoms with Gasteiger partial charge in [-0.15, -0.1) is 0 Å². The maximum Gasteiger partial charge on any atom is 0.516 e. The van der Waals surface area contributed by atoms with Crippen molar-refractivity contribution in [1.29, 1.82) is 0 Å². The molecular formula is C13H29NO4Si. The minimum atomic E-state index is -2.65. The van der Waals surface area contributed by atoms with Gasteiger partial charge in [0.15, 0.2) is 0 Å². The molecule has 0 aromatic carbocycles. The molecule has 114 valence electrons. The second-order valence-electron chi connectivity index (χ2n) is 4.97. The molecule has 0 saturated carbocycles. The lowest BCUT2D eigenvalue weighted by Gasteiger charge is -2.38. The summed E-state index contributed by atoms with van der Waals surface area (Å²) in [6.45, 7) is 14.1. The Morgan fingerprint density at radius 3 is 2.00 bits per heavy atom. The lowest BCUT2D eigenvalue weighted by Crippen LogP contribution is -2.59. The summed E-state index contributed by atoms with van der Waals surface area (Å²) in [6.07, 6.45) is 0.783. The van der Waals surface area contributed by atoms with Gasteiger partial charge in [-0.3, -0.25) is 4.90 Å². The highest BCUT2D eigenvalue weighted by molar-refractivity contribution is 6.61. The number of rotatable bonds is 6. The molecule has 0 radical (unpaired) electrons. The van der Waals surface area contributed by atoms with E-state index in [1.807, 2.05) is 20.8 Å². The summed E-state index contributed by atoms with van der Waals surface area (Å²) in [5.41, 5.74) is 0. The van der Waals surface area contributed by atoms with Crippen LogP contribution in [0.15, 0.2) is 0 Å². The van der Waals surface area contributed by atoms with E-state index >= 15 is 0 Å². The molecule has 2 unspecified atom stereocenters. The van der Waals surface area contributed by atoms with Gasteiger partial charge in [0.2, 0.25) is 0 Å². The van der Waals surface area contributed by atoms with Crippen LogP contribution in [0.3, 0.4) is 0 Å². The van der Waals surface area contributed by atoms with Crippen molar-refractivity contribution in [3.63, 3.8) is 0 Å². The third-order valence-corrected chi connectivity index (χ3v) is 6.23. The lowest BCUT2D eigenvalue weighted by atomic mass is 10.4. The highest BCUT2D eigenvalue weighted by Crippen LogP contribution is 2.19. The molecule has 0 aromatic rings. The van der Waals surface area contributed by atoms with Crippen molar-refractivity contribution in [2.45, 2.75) is 46.8 Å². The molecule has 2 atom stereocenters. The first kappa shape index (κ1) is 17.1. The normalized spacial score (nSPS) is 33.2. The summed E-state index contributed by atoms with van der Waals surface area (Å²) in [4.78, 5) is 2.31. The maximum atomic E-state index is 6.15. The lowest BCUT2D eigenvalue weighted by molar-refractivity contribution is -0.0753. The van der Waals surface area contributed by atoms with Gasteiger partial charge in [0.25, 0.3) is 0 Å². The van der Waals surface area contributed by atoms with Gasteiger partial charge in [-0.2, -0.15) is 0 Å². The molecule has 6 heteroatoms. The largest absolute Gasteiger partial charge is 0.516 e. The Balaban J connectivity index is 2.83. The summed E-state index contributed by atoms with van der Waals surface area (Å²) in [5.74, 6) is 0. The molecule has 0 spiro atoms. The smallest absolute Gasteiger partial charge is 0.376 e. The standard InChI is InChI=1S/C13H29NO4Si/c1-6-14(7-2)11-19(16-8-3)17-12(4)9-15-10-13(5)18-19/h12-13H,6-11H2,1-5H3. The molecule has 1 fully saturated rings. The molecule has 1 rings (SSSR count). The van der Waals surface area contributed by atoms with Crippen LogP contribution >= 0.6 is 0 Å². The van der Waals surface area contributed by atoms with E-state index < -0.39 is 8.80 Å². The van der Waals surface area contributed by atoms with Gasteiger partial charge < -0.3 is 18.0 Å². The number of ether oxygens (including phenoxy) is 1. The van der Waals surface area contributed by atoms with Crippen LogP contribution in [-0.2, 0) is 18.0 Å². The summed E-state index contributed by atoms with van der Waals surface area (Å²) in [7, 11) is -2.65. The second-order valence-corrected chi connectivity index (χ2v) is 7.41. The Bertz CT molecular complexity index is 239. The van der Waals surface area contributed by atoms with Crippen LogP contribution in [-0.4, -0.2) is 65.0 Å². The zero-order valence-electron chi connectivity index (χ0n) is 13.0. The first-order chi connectivity index (χ1) is 9.05. The van der Waals surface area contributed by atoms with E-state index in [9.17, 15) is 0 Å². The third kappa shape index (κ3) is 5.49. The second kappa shape index (κ2) is 8.34. The Kier molecular flexibility index (Phi) is 7.49. The summed E-state index contributed by atoms with van der Waals surface area (Å²) >= 11 is 0. The van der Waals surface area contributed by atoms with Crippen LogP contribution in [0.5, 0.6) is 0 Å². The topological polar surface area (TPSA) is 40.2 Å². The van der Waals surface area contributed by atoms with E-state index in [0.717, 1.165) is 19.3 Å². The molecule has 19 heavy (non-hydrogen) atoms. The van der Waals surface area contributed by atoms with E-state index in [-0.39, 0.29) is 12.2 Å². The molecule has 0 bridgehead atoms. The highest BCUT2D eigenvalue weighted by atomic mass is 28.4. The molecule has 1 heterocycles. The Morgan fingerprint density at radius 2 is 1.58 bits per heavy atom. The van der Waals surface area contributed by atoms with E-state index in [1.165, 1.54) is 0 Å². The van der Waals surface area contributed by atoms with Gasteiger partial charge in [0.1, 0.15) is 0 Å². The Labute approximate surface area is 118 Å². The van der Waals surface area contributed by atoms with Crippen molar-refractivity contribution < 1.29 is 18.0 Å². The number of hydrogen-bond donors (Lipinski definition) is 0. The molecule has 0 amide bonds. The number of nitrogens with zero attached hydrogens (tertiary/aromatic N) is 1. The maximum absolute atomic E-state index is 6.15. The predicted octanol–water partition coefficient (Wildman–Crippen LogP) is 1.68. The minimum absolute atomic E-state index is 0.0151. The van der Waals surface area contributed by atoms with Gasteiger partial charge in [0.05, 0.1) is 31.6 Å². The minimum Gasteiger partial charge on any atom is -0.376 e. The molecule has 0 aliphatic carbocycles. The molecule has 1 saturated heterocycles. The third-order valence-electron chi connectivity index (χ3n) is 3.14. The fourth-order valence-corrected chi connectivity index (χ4v) is 5.47. The Morgan fingerprint density at radius 1 is 1.05 bits per heavy atom. The van der Waals surface area contributed by atoms with Crippen LogP contribution in [0.2, 0.25) is 0 Å². The SMILES string of the molecule is CCO[Si]1(CN(CC)CC)OC(C)COCC(C)O1. The van der Waals surface area contributed by atoms with Gasteiger partial charge >= 0.3 is 8.80 Å². The molecule has 0 aromatic heterocycles. The van der Waals surface area contributed by atoms with Crippen LogP contribution in [0.4, 0.5) is 0 Å². The van der Waals surface area contributed by atoms with Crippen LogP contribution in [0.1, 0.15) is 34.6 Å². The predicted molar refractivity (Wildman–Crippen MR) is 77.1 cm³/mol. The fourth-order valence-electron chi connectivity index (χ4n) is 2.24. The Hall–Kier alpha value is 0.0169. The van der Waals surface area contributed by atoms with Crippen molar-refractivity contribution in [3.8, 4) is 0 Å². The average Bonchev–Trinajstić information content (AvgIpc) is 2.34. The zero-order valence-corrected chi connectivity index (χ0v) is 14.0. The highest BCUT2D eigenvalue weighted by Gasteiger charge is 2.46. The molecular weight excluding hydrogens is 262 g/mol. The van der Waals surface area contributed by atoms with Crippen molar-refractivity contribution in [2.75, 3.05) is 39.1 Å². The average molecular weight is 291 g/mol. The van der Waals surface area contributed by atoms with Gasteiger partial charge in [-0.25, -0.2) is 0 Å². The van der Waals surface area contributed by atoms with Crippen LogP contribution < -0.4 is 0 Å². The monoisotopic (exact) mass is 291 g/mol. The van der Waals surface area contributed by atoms with E-state index in [4.69, 9.17) is 18.0 Å². The van der Waals surface area contributed by atoms with Gasteiger partial charge in [0, 0.05) is 6.61 Å². The van der Waals surface area contributed by atoms with Gasteiger partial charge in [-0.1, -0.05) is 13.8 Å². The summed E-state index contributed by atoms with van der Waals surface area (Å²) in [5, 5.41) is 0. The quantitative estimate of drug-likeness (QED) is 0.696. The van der Waals surface area contributed by atoms with Gasteiger partial charge in [-0.05, 0) is 33.9 Å². The van der Waals surface area contributed by atoms with E-state index in [0.29, 0.717) is 19.8 Å². The molecule has 5 nitrogen and oxygen atoms in total. The molecule has 1 aliphatic rings. The molecule has 1 aliphatic heterocycles. The van der Waals surface area contributed by atoms with Crippen LogP contribution in [0.25, 0.3) is 0 Å². The first-order valence-corrected chi connectivity index (χ1v) is 9.28. The summed E-state index contributed by atoms with van der Waals surface area (Å²) in [6, 6.07) is 0. The van der Waals surface area contributed by atoms with Crippen molar-refractivity contribution >= 4 is 8.80 Å². The van der Waals surface area contributed by atoms with E-state index in [2.05, 4.69) is 18.7 Å². The van der Waals surface area contributed by atoms with Crippen molar-refractivity contribution in [3.05, 3.63) is 0 Å². The molecule has 0 N–H and O–H groups in total. The number of hydrogen-bond acceptors (Lipinski definition) is 5. The fraction of sp³-hybridized carbons (Fsp3) is 1.00. The first-order valence-electron chi connectivity index (χ1n) is 7.34.